The van der Waals surface area contributed by atoms with Crippen LogP contribution in [0.4, 0.5) is 10.2 Å². The van der Waals surface area contributed by atoms with Gasteiger partial charge in [-0.15, -0.1) is 0 Å². The van der Waals surface area contributed by atoms with Crippen molar-refractivity contribution in [2.24, 2.45) is 7.05 Å². The van der Waals surface area contributed by atoms with Gasteiger partial charge in [0, 0.05) is 48.5 Å². The number of anilines is 1. The number of halogens is 2. The summed E-state index contributed by atoms with van der Waals surface area (Å²) in [6, 6.07) is 6.38. The number of nitrogens with zero attached hydrogens (tertiary/aromatic N) is 6. The van der Waals surface area contributed by atoms with Gasteiger partial charge in [0.15, 0.2) is 0 Å². The maximum absolute atomic E-state index is 15.0. The monoisotopic (exact) mass is 480 g/mol. The highest BCUT2D eigenvalue weighted by atomic mass is 35.5. The Morgan fingerprint density at radius 1 is 1.24 bits per heavy atom. The van der Waals surface area contributed by atoms with Crippen molar-refractivity contribution in [1.82, 2.24) is 24.3 Å². The Labute approximate surface area is 199 Å². The van der Waals surface area contributed by atoms with Crippen molar-refractivity contribution in [3.05, 3.63) is 69.7 Å². The van der Waals surface area contributed by atoms with Crippen LogP contribution in [0.1, 0.15) is 30.6 Å². The van der Waals surface area contributed by atoms with Crippen LogP contribution in [-0.4, -0.2) is 44.0 Å². The maximum Gasteiger partial charge on any atom is 0.261 e. The molecule has 3 aromatic heterocycles. The van der Waals surface area contributed by atoms with Crippen LogP contribution in [-0.2, 0) is 11.8 Å². The summed E-state index contributed by atoms with van der Waals surface area (Å²) in [6.07, 6.45) is 6.99. The second-order valence-electron chi connectivity index (χ2n) is 8.79. The molecule has 1 atom stereocenters. The summed E-state index contributed by atoms with van der Waals surface area (Å²) >= 11 is 5.98. The van der Waals surface area contributed by atoms with Gasteiger partial charge in [0.25, 0.3) is 5.56 Å². The van der Waals surface area contributed by atoms with E-state index in [1.165, 1.54) is 6.07 Å². The number of morpholine rings is 1. The number of ether oxygens (including phenoxy) is 1. The topological polar surface area (TPSA) is 78.1 Å². The van der Waals surface area contributed by atoms with Crippen molar-refractivity contribution < 1.29 is 9.13 Å². The highest BCUT2D eigenvalue weighted by Crippen LogP contribution is 2.36. The van der Waals surface area contributed by atoms with E-state index in [2.05, 4.69) is 15.0 Å². The summed E-state index contributed by atoms with van der Waals surface area (Å²) in [4.78, 5) is 24.8. The molecule has 1 aliphatic carbocycles. The molecule has 0 amide bonds. The van der Waals surface area contributed by atoms with E-state index < -0.39 is 5.82 Å². The minimum Gasteiger partial charge on any atom is -0.370 e. The average molecular weight is 481 g/mol. The van der Waals surface area contributed by atoms with Crippen LogP contribution in [0, 0.1) is 5.82 Å². The number of hydrogen-bond acceptors (Lipinski definition) is 6. The van der Waals surface area contributed by atoms with E-state index in [1.54, 1.807) is 40.0 Å². The second-order valence-corrected chi connectivity index (χ2v) is 9.23. The van der Waals surface area contributed by atoms with Gasteiger partial charge in [-0.25, -0.2) is 14.4 Å². The van der Waals surface area contributed by atoms with Crippen LogP contribution < -0.4 is 10.5 Å². The van der Waals surface area contributed by atoms with Gasteiger partial charge in [-0.2, -0.15) is 5.10 Å². The van der Waals surface area contributed by atoms with Crippen molar-refractivity contribution in [2.75, 3.05) is 24.6 Å². The third kappa shape index (κ3) is 3.74. The lowest BCUT2D eigenvalue weighted by atomic mass is 10.1. The van der Waals surface area contributed by atoms with Crippen molar-refractivity contribution in [3.8, 4) is 11.3 Å². The van der Waals surface area contributed by atoms with Crippen LogP contribution >= 0.6 is 11.6 Å². The molecule has 174 valence electrons. The lowest BCUT2D eigenvalue weighted by molar-refractivity contribution is 0.0395. The highest BCUT2D eigenvalue weighted by molar-refractivity contribution is 6.30. The lowest BCUT2D eigenvalue weighted by Gasteiger charge is -2.33. The molecule has 6 rings (SSSR count). The Morgan fingerprint density at radius 2 is 2.09 bits per heavy atom. The molecule has 2 fully saturated rings. The van der Waals surface area contributed by atoms with E-state index in [0.717, 1.165) is 18.4 Å². The van der Waals surface area contributed by atoms with E-state index in [-0.39, 0.29) is 23.3 Å². The molecule has 4 aromatic rings. The minimum absolute atomic E-state index is 0.135. The average Bonchev–Trinajstić information content (AvgIpc) is 3.58. The Bertz CT molecular complexity index is 1460. The third-order valence-corrected chi connectivity index (χ3v) is 6.60. The van der Waals surface area contributed by atoms with Crippen molar-refractivity contribution in [1.29, 1.82) is 0 Å². The summed E-state index contributed by atoms with van der Waals surface area (Å²) in [5, 5.41) is 4.96. The van der Waals surface area contributed by atoms with Crippen molar-refractivity contribution in [2.45, 2.75) is 25.0 Å². The quantitative estimate of drug-likeness (QED) is 0.441. The first-order chi connectivity index (χ1) is 16.5. The number of aryl methyl sites for hydroxylation is 1. The Kier molecular flexibility index (Phi) is 5.11. The number of rotatable bonds is 4. The normalized spacial score (nSPS) is 18.6. The third-order valence-electron chi connectivity index (χ3n) is 6.37. The molecule has 8 nitrogen and oxygen atoms in total. The number of pyridine rings is 1. The molecular formula is C24H22ClFN6O2. The van der Waals surface area contributed by atoms with E-state index in [1.807, 2.05) is 13.2 Å². The number of benzene rings is 1. The van der Waals surface area contributed by atoms with Gasteiger partial charge in [0.2, 0.25) is 0 Å². The summed E-state index contributed by atoms with van der Waals surface area (Å²) < 4.78 is 24.3. The van der Waals surface area contributed by atoms with Gasteiger partial charge in [-0.3, -0.25) is 14.0 Å². The predicted octanol–water partition coefficient (Wildman–Crippen LogP) is 3.90. The fraction of sp³-hybridized carbons (Fsp3) is 0.333. The van der Waals surface area contributed by atoms with Gasteiger partial charge < -0.3 is 9.64 Å². The molecule has 1 saturated carbocycles. The molecule has 34 heavy (non-hydrogen) atoms. The molecule has 4 heterocycles. The largest absolute Gasteiger partial charge is 0.370 e. The molecular weight excluding hydrogens is 459 g/mol. The van der Waals surface area contributed by atoms with Crippen LogP contribution in [0.3, 0.4) is 0 Å². The highest BCUT2D eigenvalue weighted by Gasteiger charge is 2.28. The standard InChI is InChI=1S/C24H22ClFN6O2/c1-30-11-14(10-28-30)20-12-31(6-7-34-20)21-9-18-22(27-13-32(24(18)33)16-3-4-16)23(29-21)17-5-2-15(25)8-19(17)26/h2,5,8-11,13,16,20H,3-4,6-7,12H2,1H3/t20-/m1/s1. The first-order valence-corrected chi connectivity index (χ1v) is 11.6. The number of hydrogen-bond donors (Lipinski definition) is 0. The molecule has 1 aliphatic heterocycles. The summed E-state index contributed by atoms with van der Waals surface area (Å²) in [7, 11) is 1.86. The Hall–Kier alpha value is -3.30. The van der Waals surface area contributed by atoms with Gasteiger partial charge >= 0.3 is 0 Å². The zero-order chi connectivity index (χ0) is 23.4. The Morgan fingerprint density at radius 3 is 2.82 bits per heavy atom. The van der Waals surface area contributed by atoms with Gasteiger partial charge in [-0.05, 0) is 37.1 Å². The lowest BCUT2D eigenvalue weighted by Crippen LogP contribution is -2.39. The zero-order valence-electron chi connectivity index (χ0n) is 18.5. The molecule has 10 heteroatoms. The summed E-state index contributed by atoms with van der Waals surface area (Å²) in [5.74, 6) is 0.0725. The summed E-state index contributed by atoms with van der Waals surface area (Å²) in [5.41, 5.74) is 1.79. The fourth-order valence-corrected chi connectivity index (χ4v) is 4.60. The van der Waals surface area contributed by atoms with Gasteiger partial charge in [0.1, 0.15) is 28.9 Å². The predicted molar refractivity (Wildman–Crippen MR) is 127 cm³/mol. The molecule has 0 bridgehead atoms. The first kappa shape index (κ1) is 21.2. The zero-order valence-corrected chi connectivity index (χ0v) is 19.2. The minimum atomic E-state index is -0.512. The van der Waals surface area contributed by atoms with Crippen LogP contribution in [0.5, 0.6) is 0 Å². The van der Waals surface area contributed by atoms with E-state index in [9.17, 15) is 9.18 Å². The first-order valence-electron chi connectivity index (χ1n) is 11.2. The molecule has 0 spiro atoms. The number of fused-ring (bicyclic) bond motifs is 1. The fourth-order valence-electron chi connectivity index (χ4n) is 4.44. The molecule has 2 aliphatic rings. The second kappa shape index (κ2) is 8.18. The molecule has 0 unspecified atom stereocenters. The van der Waals surface area contributed by atoms with Crippen LogP contribution in [0.15, 0.2) is 47.8 Å². The maximum atomic E-state index is 15.0. The number of aromatic nitrogens is 5. The van der Waals surface area contributed by atoms with Crippen LogP contribution in [0.25, 0.3) is 22.2 Å². The molecule has 0 radical (unpaired) electrons. The van der Waals surface area contributed by atoms with E-state index in [0.29, 0.717) is 47.1 Å². The van der Waals surface area contributed by atoms with Crippen molar-refractivity contribution in [3.63, 3.8) is 0 Å². The molecule has 1 aromatic carbocycles. The smallest absolute Gasteiger partial charge is 0.261 e. The molecule has 1 saturated heterocycles. The van der Waals surface area contributed by atoms with Crippen LogP contribution in [0.2, 0.25) is 5.02 Å². The molecule has 0 N–H and O–H groups in total. The van der Waals surface area contributed by atoms with Gasteiger partial charge in [0.05, 0.1) is 24.5 Å². The Balaban J connectivity index is 1.50. The van der Waals surface area contributed by atoms with E-state index in [4.69, 9.17) is 21.3 Å². The van der Waals surface area contributed by atoms with Crippen molar-refractivity contribution >= 4 is 28.3 Å². The SMILES string of the molecule is Cn1cc([C@H]2CN(c3cc4c(=O)n(C5CC5)cnc4c(-c4ccc(Cl)cc4F)n3)CCO2)cn1. The van der Waals surface area contributed by atoms with E-state index >= 15 is 0 Å². The summed E-state index contributed by atoms with van der Waals surface area (Å²) in [6.45, 7) is 1.61. The van der Waals surface area contributed by atoms with Gasteiger partial charge in [-0.1, -0.05) is 11.6 Å².